The van der Waals surface area contributed by atoms with E-state index in [4.69, 9.17) is 0 Å². The molecule has 1 aromatic heterocycles. The Kier molecular flexibility index (Phi) is 8.35. The summed E-state index contributed by atoms with van der Waals surface area (Å²) in [7, 11) is 0. The van der Waals surface area contributed by atoms with Gasteiger partial charge in [0.05, 0.1) is 17.9 Å². The molecule has 0 unspecified atom stereocenters. The number of rotatable bonds is 5. The third-order valence-electron chi connectivity index (χ3n) is 8.10. The topological polar surface area (TPSA) is 119 Å². The number of aromatic nitrogens is 2. The van der Waals surface area contributed by atoms with Crippen LogP contribution in [0.5, 0.6) is 0 Å². The predicted molar refractivity (Wildman–Crippen MR) is 142 cm³/mol. The van der Waals surface area contributed by atoms with Crippen molar-refractivity contribution in [2.45, 2.75) is 82.0 Å². The van der Waals surface area contributed by atoms with Gasteiger partial charge in [0.15, 0.2) is 28.7 Å². The van der Waals surface area contributed by atoms with Crippen LogP contribution in [0.15, 0.2) is 35.7 Å². The van der Waals surface area contributed by atoms with Crippen molar-refractivity contribution in [3.8, 4) is 0 Å². The molecule has 1 saturated carbocycles. The molecule has 0 atom stereocenters. The number of anilines is 2. The number of alkyl halides is 3. The molecule has 4 N–H and O–H groups in total. The number of allylic oxidation sites excluding steroid dienone is 2. The molecule has 0 spiro atoms. The highest BCUT2D eigenvalue weighted by atomic mass is 19.4. The Hall–Kier alpha value is -3.81. The van der Waals surface area contributed by atoms with Crippen molar-refractivity contribution in [2.75, 3.05) is 16.9 Å². The second-order valence-electron chi connectivity index (χ2n) is 10.9. The average Bonchev–Trinajstić information content (AvgIpc) is 3.32. The van der Waals surface area contributed by atoms with Crippen molar-refractivity contribution < 1.29 is 36.6 Å². The molecule has 2 aromatic rings. The standard InChI is InChI=1S/C28H31F5N6O3/c29-18-13-17(25(40)35-16-9-11-27(42,12-10-16)28(31,32)33)22(14-19(18)30)36-26(41)21-7-8-24(38-37-21)39-15-34-20-5-3-1-2-4-6-23(20)39/h7-8,13-14,16,34,42H,1-6,9-12,15H2,(H,35,40)(H,36,41). The van der Waals surface area contributed by atoms with E-state index in [0.717, 1.165) is 37.8 Å². The van der Waals surface area contributed by atoms with E-state index >= 15 is 0 Å². The Morgan fingerprint density at radius 2 is 1.67 bits per heavy atom. The van der Waals surface area contributed by atoms with Crippen molar-refractivity contribution in [2.24, 2.45) is 0 Å². The van der Waals surface area contributed by atoms with E-state index in [2.05, 4.69) is 26.1 Å². The first-order valence-electron chi connectivity index (χ1n) is 13.9. The lowest BCUT2D eigenvalue weighted by Crippen LogP contribution is -2.51. The van der Waals surface area contributed by atoms with E-state index in [9.17, 15) is 36.6 Å². The Bertz CT molecular complexity index is 1370. The van der Waals surface area contributed by atoms with Gasteiger partial charge in [0.25, 0.3) is 11.8 Å². The monoisotopic (exact) mass is 594 g/mol. The number of hydrogen-bond acceptors (Lipinski definition) is 7. The summed E-state index contributed by atoms with van der Waals surface area (Å²) in [6.45, 7) is 0.536. The Labute approximate surface area is 238 Å². The lowest BCUT2D eigenvalue weighted by atomic mass is 9.81. The fourth-order valence-electron chi connectivity index (χ4n) is 5.62. The van der Waals surface area contributed by atoms with Gasteiger partial charge in [0.2, 0.25) is 0 Å². The number of benzene rings is 1. The maximum atomic E-state index is 14.1. The highest BCUT2D eigenvalue weighted by Crippen LogP contribution is 2.41. The summed E-state index contributed by atoms with van der Waals surface area (Å²) in [6, 6.07) is 3.56. The number of carbonyl (C=O) groups excluding carboxylic acids is 2. The summed E-state index contributed by atoms with van der Waals surface area (Å²) in [6.07, 6.45) is -0.0362. The zero-order valence-electron chi connectivity index (χ0n) is 22.7. The molecule has 1 aromatic carbocycles. The fraction of sp³-hybridized carbons (Fsp3) is 0.500. The van der Waals surface area contributed by atoms with E-state index < -0.39 is 59.7 Å². The van der Waals surface area contributed by atoms with E-state index in [-0.39, 0.29) is 24.2 Å². The number of halogens is 5. The lowest BCUT2D eigenvalue weighted by Gasteiger charge is -2.37. The predicted octanol–water partition coefficient (Wildman–Crippen LogP) is 4.91. The van der Waals surface area contributed by atoms with Crippen LogP contribution in [-0.4, -0.2) is 51.6 Å². The van der Waals surface area contributed by atoms with Gasteiger partial charge in [0.1, 0.15) is 0 Å². The van der Waals surface area contributed by atoms with Gasteiger partial charge in [-0.05, 0) is 69.6 Å². The number of nitrogens with one attached hydrogen (secondary N) is 3. The third-order valence-corrected chi connectivity index (χ3v) is 8.10. The van der Waals surface area contributed by atoms with Crippen molar-refractivity contribution in [3.63, 3.8) is 0 Å². The van der Waals surface area contributed by atoms with Crippen LogP contribution in [-0.2, 0) is 0 Å². The van der Waals surface area contributed by atoms with Crippen LogP contribution in [0, 0.1) is 11.6 Å². The maximum Gasteiger partial charge on any atom is 0.417 e. The van der Waals surface area contributed by atoms with Gasteiger partial charge < -0.3 is 26.0 Å². The van der Waals surface area contributed by atoms with E-state index in [0.29, 0.717) is 24.6 Å². The first-order chi connectivity index (χ1) is 19.9. The Balaban J connectivity index is 1.27. The quantitative estimate of drug-likeness (QED) is 0.364. The van der Waals surface area contributed by atoms with Crippen LogP contribution in [0.3, 0.4) is 0 Å². The first-order valence-corrected chi connectivity index (χ1v) is 13.9. The average molecular weight is 595 g/mol. The highest BCUT2D eigenvalue weighted by molar-refractivity contribution is 6.08. The minimum absolute atomic E-state index is 0.132. The molecule has 0 bridgehead atoms. The van der Waals surface area contributed by atoms with E-state index in [1.54, 1.807) is 6.07 Å². The Morgan fingerprint density at radius 3 is 2.33 bits per heavy atom. The van der Waals surface area contributed by atoms with E-state index in [1.165, 1.54) is 18.2 Å². The largest absolute Gasteiger partial charge is 0.417 e. The molecular weight excluding hydrogens is 563 g/mol. The number of amides is 2. The smallest absolute Gasteiger partial charge is 0.380 e. The van der Waals surface area contributed by atoms with Crippen LogP contribution in [0.2, 0.25) is 0 Å². The minimum Gasteiger partial charge on any atom is -0.380 e. The molecule has 1 fully saturated rings. The molecule has 226 valence electrons. The third kappa shape index (κ3) is 6.18. The van der Waals surface area contributed by atoms with Gasteiger partial charge >= 0.3 is 6.18 Å². The van der Waals surface area contributed by atoms with Gasteiger partial charge in [-0.15, -0.1) is 10.2 Å². The van der Waals surface area contributed by atoms with Gasteiger partial charge in [-0.25, -0.2) is 8.78 Å². The second kappa shape index (κ2) is 11.8. The van der Waals surface area contributed by atoms with Crippen LogP contribution < -0.4 is 20.9 Å². The molecule has 3 aliphatic rings. The normalized spacial score (nSPS) is 23.0. The molecule has 9 nitrogen and oxygen atoms in total. The maximum absolute atomic E-state index is 14.1. The zero-order chi connectivity index (χ0) is 30.1. The van der Waals surface area contributed by atoms with Crippen LogP contribution in [0.1, 0.15) is 85.1 Å². The summed E-state index contributed by atoms with van der Waals surface area (Å²) < 4.78 is 67.5. The first kappa shape index (κ1) is 29.7. The van der Waals surface area contributed by atoms with Crippen LogP contribution >= 0.6 is 0 Å². The molecular formula is C28H31F5N6O3. The molecule has 5 rings (SSSR count). The van der Waals surface area contributed by atoms with Crippen molar-refractivity contribution in [1.29, 1.82) is 0 Å². The SMILES string of the molecule is O=C(Nc1cc(F)c(F)cc1C(=O)NC1CCC(O)(C(F)(F)F)CC1)c1ccc(N2CNC3=C2CCCCCC3)nn1. The van der Waals surface area contributed by atoms with Crippen molar-refractivity contribution in [3.05, 3.63) is 58.6 Å². The van der Waals surface area contributed by atoms with Crippen molar-refractivity contribution >= 4 is 23.3 Å². The Morgan fingerprint density at radius 1 is 0.976 bits per heavy atom. The van der Waals surface area contributed by atoms with Crippen LogP contribution in [0.25, 0.3) is 0 Å². The van der Waals surface area contributed by atoms with Gasteiger partial charge in [0, 0.05) is 23.5 Å². The molecule has 0 saturated heterocycles. The molecule has 2 aliphatic carbocycles. The molecule has 2 amide bonds. The minimum atomic E-state index is -4.80. The molecule has 2 heterocycles. The number of nitrogens with zero attached hydrogens (tertiary/aromatic N) is 3. The van der Waals surface area contributed by atoms with Gasteiger partial charge in [-0.2, -0.15) is 13.2 Å². The van der Waals surface area contributed by atoms with Crippen molar-refractivity contribution in [1.82, 2.24) is 20.8 Å². The summed E-state index contributed by atoms with van der Waals surface area (Å²) in [5.41, 5.74) is -1.40. The summed E-state index contributed by atoms with van der Waals surface area (Å²) >= 11 is 0. The highest BCUT2D eigenvalue weighted by Gasteiger charge is 2.54. The van der Waals surface area contributed by atoms with Gasteiger partial charge in [-0.3, -0.25) is 9.59 Å². The molecule has 42 heavy (non-hydrogen) atoms. The molecule has 0 radical (unpaired) electrons. The van der Waals surface area contributed by atoms with Crippen LogP contribution in [0.4, 0.5) is 33.5 Å². The number of aliphatic hydroxyl groups is 1. The zero-order valence-corrected chi connectivity index (χ0v) is 22.7. The summed E-state index contributed by atoms with van der Waals surface area (Å²) in [5.74, 6) is -3.87. The number of carbonyl (C=O) groups is 2. The number of hydrogen-bond donors (Lipinski definition) is 4. The molecule has 14 heteroatoms. The molecule has 1 aliphatic heterocycles. The summed E-state index contributed by atoms with van der Waals surface area (Å²) in [4.78, 5) is 27.9. The summed E-state index contributed by atoms with van der Waals surface area (Å²) in [5, 5.41) is 26.3. The van der Waals surface area contributed by atoms with Gasteiger partial charge in [-0.1, -0.05) is 12.8 Å². The van der Waals surface area contributed by atoms with E-state index in [1.807, 2.05) is 4.90 Å². The lowest BCUT2D eigenvalue weighted by molar-refractivity contribution is -0.270. The second-order valence-corrected chi connectivity index (χ2v) is 10.9. The fourth-order valence-corrected chi connectivity index (χ4v) is 5.62.